The zero-order chi connectivity index (χ0) is 22.8. The standard InChI is InChI=1S/C22H25F3N6O/c1-2-26-21(28-13-17-8-9-20(27-12-17)32-16-22(23,24)25)29-14-18-6-3-4-7-19(18)15-31-11-5-10-30-31/h3-12H,2,13-16H2,1H3,(H2,26,28,29). The third kappa shape index (κ3) is 7.60. The Hall–Kier alpha value is -3.56. The Labute approximate surface area is 184 Å². The molecular weight excluding hydrogens is 421 g/mol. The quantitative estimate of drug-likeness (QED) is 0.389. The van der Waals surface area contributed by atoms with E-state index in [2.05, 4.69) is 42.6 Å². The van der Waals surface area contributed by atoms with Crippen molar-refractivity contribution in [2.75, 3.05) is 13.2 Å². The number of alkyl halides is 3. The first-order valence-corrected chi connectivity index (χ1v) is 10.1. The van der Waals surface area contributed by atoms with Gasteiger partial charge in [0.2, 0.25) is 5.88 Å². The van der Waals surface area contributed by atoms with Crippen LogP contribution in [0, 0.1) is 0 Å². The van der Waals surface area contributed by atoms with Crippen LogP contribution in [0.5, 0.6) is 5.88 Å². The van der Waals surface area contributed by atoms with E-state index < -0.39 is 12.8 Å². The normalized spacial score (nSPS) is 11.9. The van der Waals surface area contributed by atoms with Crippen molar-refractivity contribution in [3.63, 3.8) is 0 Å². The first kappa shape index (κ1) is 23.1. The summed E-state index contributed by atoms with van der Waals surface area (Å²) in [6, 6.07) is 13.0. The van der Waals surface area contributed by atoms with Gasteiger partial charge in [-0.2, -0.15) is 18.3 Å². The summed E-state index contributed by atoms with van der Waals surface area (Å²) < 4.78 is 43.2. The zero-order valence-corrected chi connectivity index (χ0v) is 17.6. The molecule has 3 rings (SSSR count). The molecule has 32 heavy (non-hydrogen) atoms. The van der Waals surface area contributed by atoms with Gasteiger partial charge in [0, 0.05) is 37.7 Å². The molecule has 10 heteroatoms. The molecule has 0 unspecified atom stereocenters. The molecule has 0 fully saturated rings. The van der Waals surface area contributed by atoms with E-state index in [9.17, 15) is 13.2 Å². The van der Waals surface area contributed by atoms with Crippen LogP contribution < -0.4 is 15.4 Å². The summed E-state index contributed by atoms with van der Waals surface area (Å²) in [5.74, 6) is 0.549. The average Bonchev–Trinajstić information content (AvgIpc) is 3.28. The van der Waals surface area contributed by atoms with Gasteiger partial charge in [0.05, 0.1) is 13.1 Å². The van der Waals surface area contributed by atoms with Crippen molar-refractivity contribution in [3.05, 3.63) is 77.7 Å². The molecule has 0 radical (unpaired) electrons. The molecule has 0 saturated carbocycles. The first-order chi connectivity index (χ1) is 15.4. The fraction of sp³-hybridized carbons (Fsp3) is 0.318. The molecule has 7 nitrogen and oxygen atoms in total. The lowest BCUT2D eigenvalue weighted by Gasteiger charge is -2.14. The number of nitrogens with one attached hydrogen (secondary N) is 2. The molecule has 2 aromatic heterocycles. The highest BCUT2D eigenvalue weighted by Gasteiger charge is 2.28. The van der Waals surface area contributed by atoms with Gasteiger partial charge in [0.25, 0.3) is 0 Å². The molecule has 3 aromatic rings. The molecule has 1 aromatic carbocycles. The number of ether oxygens (including phenoxy) is 1. The summed E-state index contributed by atoms with van der Waals surface area (Å²) in [5.41, 5.74) is 3.03. The molecule has 0 aliphatic rings. The molecular formula is C22H25F3N6O. The largest absolute Gasteiger partial charge is 0.468 e. The lowest BCUT2D eigenvalue weighted by Crippen LogP contribution is -2.37. The van der Waals surface area contributed by atoms with Crippen molar-refractivity contribution in [3.8, 4) is 5.88 Å². The maximum atomic E-state index is 12.2. The molecule has 0 saturated heterocycles. The van der Waals surface area contributed by atoms with Gasteiger partial charge in [-0.05, 0) is 29.7 Å². The van der Waals surface area contributed by atoms with Crippen LogP contribution in [0.2, 0.25) is 0 Å². The highest BCUT2D eigenvalue weighted by molar-refractivity contribution is 5.79. The van der Waals surface area contributed by atoms with E-state index in [-0.39, 0.29) is 5.88 Å². The van der Waals surface area contributed by atoms with E-state index in [4.69, 9.17) is 0 Å². The van der Waals surface area contributed by atoms with Crippen molar-refractivity contribution >= 4 is 5.96 Å². The smallest absolute Gasteiger partial charge is 0.422 e. The minimum atomic E-state index is -4.39. The lowest BCUT2D eigenvalue weighted by molar-refractivity contribution is -0.154. The SMILES string of the molecule is CCNC(=NCc1ccc(OCC(F)(F)F)nc1)NCc1ccccc1Cn1cccn1. The maximum absolute atomic E-state index is 12.2. The van der Waals surface area contributed by atoms with Crippen LogP contribution in [-0.2, 0) is 19.6 Å². The molecule has 0 amide bonds. The molecule has 0 atom stereocenters. The summed E-state index contributed by atoms with van der Waals surface area (Å²) in [5, 5.41) is 10.8. The molecule has 0 aliphatic heterocycles. The lowest BCUT2D eigenvalue weighted by atomic mass is 10.1. The number of halogens is 3. The second kappa shape index (κ2) is 11.2. The number of hydrogen-bond donors (Lipinski definition) is 2. The minimum absolute atomic E-state index is 0.0751. The summed E-state index contributed by atoms with van der Waals surface area (Å²) in [6.45, 7) is 2.85. The van der Waals surface area contributed by atoms with Gasteiger partial charge in [0.1, 0.15) is 0 Å². The van der Waals surface area contributed by atoms with Gasteiger partial charge in [-0.15, -0.1) is 0 Å². The van der Waals surface area contributed by atoms with Crippen molar-refractivity contribution < 1.29 is 17.9 Å². The second-order valence-electron chi connectivity index (χ2n) is 6.93. The van der Waals surface area contributed by atoms with Crippen LogP contribution in [0.1, 0.15) is 23.6 Å². The predicted octanol–water partition coefficient (Wildman–Crippen LogP) is 3.52. The second-order valence-corrected chi connectivity index (χ2v) is 6.93. The van der Waals surface area contributed by atoms with Crippen LogP contribution in [0.15, 0.2) is 66.0 Å². The van der Waals surface area contributed by atoms with Crippen molar-refractivity contribution in [2.24, 2.45) is 4.99 Å². The zero-order valence-electron chi connectivity index (χ0n) is 17.6. The van der Waals surface area contributed by atoms with E-state index in [0.717, 1.165) is 16.7 Å². The summed E-state index contributed by atoms with van der Waals surface area (Å²) >= 11 is 0. The Morgan fingerprint density at radius 2 is 1.91 bits per heavy atom. The van der Waals surface area contributed by atoms with E-state index in [0.29, 0.717) is 32.1 Å². The Morgan fingerprint density at radius 3 is 2.56 bits per heavy atom. The maximum Gasteiger partial charge on any atom is 0.422 e. The highest BCUT2D eigenvalue weighted by atomic mass is 19.4. The predicted molar refractivity (Wildman–Crippen MR) is 115 cm³/mol. The van der Waals surface area contributed by atoms with Crippen molar-refractivity contribution in [1.29, 1.82) is 0 Å². The molecule has 0 aliphatic carbocycles. The van der Waals surface area contributed by atoms with Gasteiger partial charge in [-0.1, -0.05) is 30.3 Å². The van der Waals surface area contributed by atoms with Crippen molar-refractivity contribution in [2.45, 2.75) is 32.7 Å². The minimum Gasteiger partial charge on any atom is -0.468 e. The van der Waals surface area contributed by atoms with Gasteiger partial charge < -0.3 is 15.4 Å². The number of guanidine groups is 1. The fourth-order valence-corrected chi connectivity index (χ4v) is 2.89. The van der Waals surface area contributed by atoms with Gasteiger partial charge in [-0.3, -0.25) is 4.68 Å². The number of pyridine rings is 1. The highest BCUT2D eigenvalue weighted by Crippen LogP contribution is 2.17. The van der Waals surface area contributed by atoms with E-state index >= 15 is 0 Å². The third-order valence-electron chi connectivity index (χ3n) is 4.40. The summed E-state index contributed by atoms with van der Waals surface area (Å²) in [7, 11) is 0. The number of nitrogens with zero attached hydrogens (tertiary/aromatic N) is 4. The number of hydrogen-bond acceptors (Lipinski definition) is 4. The number of aromatic nitrogens is 3. The Morgan fingerprint density at radius 1 is 1.09 bits per heavy atom. The average molecular weight is 446 g/mol. The first-order valence-electron chi connectivity index (χ1n) is 10.1. The van der Waals surface area contributed by atoms with Crippen LogP contribution in [0.3, 0.4) is 0 Å². The topological polar surface area (TPSA) is 76.4 Å². The van der Waals surface area contributed by atoms with Crippen LogP contribution >= 0.6 is 0 Å². The van der Waals surface area contributed by atoms with Gasteiger partial charge in [-0.25, -0.2) is 9.98 Å². The molecule has 0 bridgehead atoms. The summed E-state index contributed by atoms with van der Waals surface area (Å²) in [4.78, 5) is 8.44. The number of aliphatic imine (C=N–C) groups is 1. The van der Waals surface area contributed by atoms with Crippen LogP contribution in [-0.4, -0.2) is 40.1 Å². The number of benzene rings is 1. The molecule has 0 spiro atoms. The van der Waals surface area contributed by atoms with Crippen LogP contribution in [0.4, 0.5) is 13.2 Å². The van der Waals surface area contributed by atoms with E-state index in [1.54, 1.807) is 12.3 Å². The monoisotopic (exact) mass is 446 g/mol. The van der Waals surface area contributed by atoms with E-state index in [1.807, 2.05) is 36.0 Å². The Kier molecular flexibility index (Phi) is 8.07. The van der Waals surface area contributed by atoms with E-state index in [1.165, 1.54) is 12.3 Å². The molecule has 2 N–H and O–H groups in total. The Balaban J connectivity index is 1.59. The van der Waals surface area contributed by atoms with Crippen LogP contribution in [0.25, 0.3) is 0 Å². The van der Waals surface area contributed by atoms with Crippen molar-refractivity contribution in [1.82, 2.24) is 25.4 Å². The fourth-order valence-electron chi connectivity index (χ4n) is 2.89. The molecule has 170 valence electrons. The van der Waals surface area contributed by atoms with Gasteiger partial charge in [0.15, 0.2) is 12.6 Å². The number of rotatable bonds is 9. The van der Waals surface area contributed by atoms with Gasteiger partial charge >= 0.3 is 6.18 Å². The Bertz CT molecular complexity index is 988. The molecule has 2 heterocycles. The third-order valence-corrected chi connectivity index (χ3v) is 4.40. The summed E-state index contributed by atoms with van der Waals surface area (Å²) in [6.07, 6.45) is 0.732.